The zero-order valence-electron chi connectivity index (χ0n) is 3.66. The van der Waals surface area contributed by atoms with E-state index in [0.717, 1.165) is 0 Å². The quantitative estimate of drug-likeness (QED) is 0.342. The van der Waals surface area contributed by atoms with Gasteiger partial charge in [0.05, 0.1) is 0 Å². The van der Waals surface area contributed by atoms with Gasteiger partial charge in [-0.2, -0.15) is 0 Å². The molecule has 0 saturated heterocycles. The zero-order valence-corrected chi connectivity index (χ0v) is 6.55. The molecule has 0 saturated carbocycles. The molecular formula is H12AlCaO5PSi. The van der Waals surface area contributed by atoms with E-state index < -0.39 is 7.82 Å². The number of rotatable bonds is 1. The molecule has 0 amide bonds. The third kappa shape index (κ3) is 25.5. The molecule has 5 nitrogen and oxygen atoms in total. The summed E-state index contributed by atoms with van der Waals surface area (Å²) >= 11 is 0. The van der Waals surface area contributed by atoms with Gasteiger partial charge < -0.3 is 19.5 Å². The average Bonchev–Trinajstić information content (AvgIpc) is 1.35. The van der Waals surface area contributed by atoms with Crippen LogP contribution in [0.15, 0.2) is 0 Å². The number of hydrogen-bond donors (Lipinski definition) is 2. The molecule has 0 rings (SSSR count). The summed E-state index contributed by atoms with van der Waals surface area (Å²) in [4.78, 5) is 15.5. The Morgan fingerprint density at radius 1 is 1.44 bits per heavy atom. The fourth-order valence-corrected chi connectivity index (χ4v) is 0. The number of phosphoric acid groups is 1. The van der Waals surface area contributed by atoms with Gasteiger partial charge in [0.2, 0.25) is 0 Å². The van der Waals surface area contributed by atoms with Crippen molar-refractivity contribution in [3.63, 3.8) is 0 Å². The first-order valence-corrected chi connectivity index (χ1v) is 3.52. The van der Waals surface area contributed by atoms with E-state index >= 15 is 0 Å². The first-order chi connectivity index (χ1) is 2.56. The Kier molecular flexibility index (Phi) is 25.2. The van der Waals surface area contributed by atoms with Gasteiger partial charge in [-0.3, -0.25) is 0 Å². The molecule has 0 heterocycles. The van der Waals surface area contributed by atoms with E-state index in [2.05, 4.69) is 4.21 Å². The zero-order chi connectivity index (χ0) is 5.21. The van der Waals surface area contributed by atoms with Crippen molar-refractivity contribution in [2.75, 3.05) is 0 Å². The fourth-order valence-electron chi connectivity index (χ4n) is 0. The predicted octanol–water partition coefficient (Wildman–Crippen LogP) is -4.55. The third-order valence-electron chi connectivity index (χ3n) is 0.238. The van der Waals surface area contributed by atoms with Crippen LogP contribution in [0.4, 0.5) is 0 Å². The summed E-state index contributed by atoms with van der Waals surface area (Å²) in [5, 5.41) is 0. The van der Waals surface area contributed by atoms with Gasteiger partial charge in [-0.05, 0) is 0 Å². The molecule has 56 valence electrons. The van der Waals surface area contributed by atoms with E-state index in [1.54, 1.807) is 0 Å². The van der Waals surface area contributed by atoms with E-state index in [9.17, 15) is 4.57 Å². The Balaban J connectivity index is -0.0000000417. The maximum absolute atomic E-state index is 9.51. The summed E-state index contributed by atoms with van der Waals surface area (Å²) in [5.74, 6) is 0. The van der Waals surface area contributed by atoms with Crippen molar-refractivity contribution in [2.24, 2.45) is 0 Å². The van der Waals surface area contributed by atoms with E-state index in [1.165, 1.54) is 0 Å². The summed E-state index contributed by atoms with van der Waals surface area (Å²) in [6.45, 7) is 0. The third-order valence-corrected chi connectivity index (χ3v) is 2.14. The van der Waals surface area contributed by atoms with E-state index in [-0.39, 0.29) is 71.1 Å². The van der Waals surface area contributed by atoms with Crippen molar-refractivity contribution >= 4 is 73.4 Å². The first kappa shape index (κ1) is 22.5. The Morgan fingerprint density at radius 3 is 1.56 bits per heavy atom. The van der Waals surface area contributed by atoms with Gasteiger partial charge in [-0.15, -0.1) is 0 Å². The second-order valence-electron chi connectivity index (χ2n) is 0.673. The van der Waals surface area contributed by atoms with Crippen molar-refractivity contribution in [3.05, 3.63) is 0 Å². The molecule has 0 aliphatic heterocycles. The minimum atomic E-state index is -4.08. The molecule has 0 atom stereocenters. The van der Waals surface area contributed by atoms with Crippen molar-refractivity contribution in [3.8, 4) is 0 Å². The van der Waals surface area contributed by atoms with Gasteiger partial charge in [-0.1, -0.05) is 0 Å². The van der Waals surface area contributed by atoms with Crippen LogP contribution in [-0.2, 0) is 8.78 Å². The molecule has 0 spiro atoms. The van der Waals surface area contributed by atoms with Gasteiger partial charge in [0.15, 0.2) is 27.8 Å². The van der Waals surface area contributed by atoms with Crippen LogP contribution in [0.3, 0.4) is 0 Å². The van der Waals surface area contributed by atoms with E-state index in [1.807, 2.05) is 0 Å². The van der Waals surface area contributed by atoms with Crippen molar-refractivity contribution in [2.45, 2.75) is 0 Å². The van der Waals surface area contributed by atoms with Crippen molar-refractivity contribution in [1.29, 1.82) is 0 Å². The molecule has 0 radical (unpaired) electrons. The van der Waals surface area contributed by atoms with Crippen LogP contribution in [0, 0.1) is 0 Å². The van der Waals surface area contributed by atoms with Crippen molar-refractivity contribution in [1.82, 2.24) is 0 Å². The van der Waals surface area contributed by atoms with Crippen LogP contribution in [-0.4, -0.2) is 80.8 Å². The minimum absolute atomic E-state index is 0. The first-order valence-electron chi connectivity index (χ1n) is 1.17. The normalized spacial score (nSPS) is 8.22. The molecule has 0 aromatic carbocycles. The van der Waals surface area contributed by atoms with E-state index in [0.29, 0.717) is 0 Å². The molecule has 9 heteroatoms. The molecule has 0 bridgehead atoms. The molecule has 0 aromatic heterocycles. The monoisotopic (exact) mass is 218 g/mol. The second-order valence-corrected chi connectivity index (χ2v) is 3.11. The van der Waals surface area contributed by atoms with Gasteiger partial charge in [0.25, 0.3) is 0 Å². The van der Waals surface area contributed by atoms with Crippen LogP contribution in [0.1, 0.15) is 0 Å². The van der Waals surface area contributed by atoms with Gasteiger partial charge >= 0.3 is 45.6 Å². The topological polar surface area (TPSA) is 98.3 Å². The molecule has 0 aliphatic carbocycles. The fraction of sp³-hybridized carbons (Fsp3) is 0. The molecule has 0 aromatic rings. The van der Waals surface area contributed by atoms with E-state index in [4.69, 9.17) is 9.79 Å². The second kappa shape index (κ2) is 10.1. The van der Waals surface area contributed by atoms with Crippen LogP contribution in [0.5, 0.6) is 0 Å². The van der Waals surface area contributed by atoms with Crippen molar-refractivity contribution < 1.29 is 24.0 Å². The molecular weight excluding hydrogens is 206 g/mol. The van der Waals surface area contributed by atoms with Gasteiger partial charge in [0, 0.05) is 0 Å². The van der Waals surface area contributed by atoms with Crippen LogP contribution < -0.4 is 0 Å². The van der Waals surface area contributed by atoms with Crippen LogP contribution in [0.2, 0.25) is 0 Å². The summed E-state index contributed by atoms with van der Waals surface area (Å²) in [5.41, 5.74) is 0. The molecule has 4 N–H and O–H groups in total. The Hall–Kier alpha value is 2.08. The van der Waals surface area contributed by atoms with Crippen LogP contribution >= 0.6 is 7.82 Å². The SMILES string of the molecule is O.O=P(O)(O)O[SiH3].[AlH3].[CaH2]. The standard InChI is InChI=1S/Al.Ca.H5O4PSi.H2O.5H/c;;1-5(2,3)4-6;;;;;;/h;;6H3,(H2,1,2,3);1H2;;;;;. The molecule has 0 aliphatic rings. The summed E-state index contributed by atoms with van der Waals surface area (Å²) in [6.07, 6.45) is 0. The summed E-state index contributed by atoms with van der Waals surface area (Å²) < 4.78 is 13.2. The maximum atomic E-state index is 9.51. The summed E-state index contributed by atoms with van der Waals surface area (Å²) in [7, 11) is -4.00. The Bertz CT molecular complexity index is 81.0. The van der Waals surface area contributed by atoms with Gasteiger partial charge in [-0.25, -0.2) is 4.57 Å². The summed E-state index contributed by atoms with van der Waals surface area (Å²) in [6, 6.07) is 0. The predicted molar refractivity (Wildman–Crippen MR) is 45.2 cm³/mol. The van der Waals surface area contributed by atoms with Gasteiger partial charge in [0.1, 0.15) is 0 Å². The number of hydrogen-bond acceptors (Lipinski definition) is 2. The van der Waals surface area contributed by atoms with Crippen LogP contribution in [0.25, 0.3) is 0 Å². The average molecular weight is 218 g/mol. The molecule has 9 heavy (non-hydrogen) atoms. The molecule has 0 fully saturated rings. The Labute approximate surface area is 96.4 Å². The Morgan fingerprint density at radius 2 is 1.56 bits per heavy atom. The molecule has 0 unspecified atom stereocenters.